The minimum atomic E-state index is 0.0728. The Bertz CT molecular complexity index is 362. The van der Waals surface area contributed by atoms with Gasteiger partial charge in [-0.1, -0.05) is 15.9 Å². The van der Waals surface area contributed by atoms with Crippen molar-refractivity contribution in [1.29, 1.82) is 0 Å². The molecule has 0 spiro atoms. The van der Waals surface area contributed by atoms with Gasteiger partial charge in [0.2, 0.25) is 0 Å². The number of halogens is 1. The van der Waals surface area contributed by atoms with E-state index in [0.29, 0.717) is 6.04 Å². The maximum atomic E-state index is 5.81. The standard InChI is InChI=1S/C12H16BrNO2/c1-8-7-16-12(6-14-8)10-5-9(13)3-4-11(10)15-2/h3-5,8,12,14H,6-7H2,1-2H3. The molecule has 0 saturated carbocycles. The number of rotatable bonds is 2. The lowest BCUT2D eigenvalue weighted by Gasteiger charge is -2.29. The van der Waals surface area contributed by atoms with E-state index >= 15 is 0 Å². The second-order valence-electron chi connectivity index (χ2n) is 4.02. The molecular formula is C12H16BrNO2. The molecular weight excluding hydrogens is 270 g/mol. The van der Waals surface area contributed by atoms with Gasteiger partial charge in [-0.25, -0.2) is 0 Å². The number of benzene rings is 1. The molecule has 1 aliphatic heterocycles. The largest absolute Gasteiger partial charge is 0.496 e. The van der Waals surface area contributed by atoms with Crippen LogP contribution in [0.25, 0.3) is 0 Å². The van der Waals surface area contributed by atoms with Crippen molar-refractivity contribution in [3.8, 4) is 5.75 Å². The molecule has 1 aromatic carbocycles. The molecule has 3 nitrogen and oxygen atoms in total. The van der Waals surface area contributed by atoms with Crippen LogP contribution in [0, 0.1) is 0 Å². The third-order valence-corrected chi connectivity index (χ3v) is 3.23. The van der Waals surface area contributed by atoms with E-state index in [2.05, 4.69) is 34.2 Å². The number of morpholine rings is 1. The Morgan fingerprint density at radius 2 is 2.31 bits per heavy atom. The molecule has 0 aromatic heterocycles. The molecule has 1 heterocycles. The first-order valence-electron chi connectivity index (χ1n) is 5.39. The van der Waals surface area contributed by atoms with Gasteiger partial charge in [0.25, 0.3) is 0 Å². The van der Waals surface area contributed by atoms with Crippen LogP contribution in [0.2, 0.25) is 0 Å². The maximum Gasteiger partial charge on any atom is 0.124 e. The van der Waals surface area contributed by atoms with Crippen LogP contribution in [0.3, 0.4) is 0 Å². The summed E-state index contributed by atoms with van der Waals surface area (Å²) in [6, 6.07) is 6.41. The van der Waals surface area contributed by atoms with Crippen LogP contribution >= 0.6 is 15.9 Å². The smallest absolute Gasteiger partial charge is 0.124 e. The number of nitrogens with one attached hydrogen (secondary N) is 1. The first-order valence-corrected chi connectivity index (χ1v) is 6.18. The summed E-state index contributed by atoms with van der Waals surface area (Å²) in [6.45, 7) is 3.68. The van der Waals surface area contributed by atoms with E-state index < -0.39 is 0 Å². The molecule has 0 radical (unpaired) electrons. The van der Waals surface area contributed by atoms with Crippen LogP contribution in [0.15, 0.2) is 22.7 Å². The van der Waals surface area contributed by atoms with Crippen molar-refractivity contribution in [3.63, 3.8) is 0 Å². The van der Waals surface area contributed by atoms with Crippen molar-refractivity contribution in [3.05, 3.63) is 28.2 Å². The maximum absolute atomic E-state index is 5.81. The number of methoxy groups -OCH3 is 1. The molecule has 1 aromatic rings. The highest BCUT2D eigenvalue weighted by molar-refractivity contribution is 9.10. The van der Waals surface area contributed by atoms with E-state index in [1.54, 1.807) is 7.11 Å². The van der Waals surface area contributed by atoms with E-state index in [0.717, 1.165) is 28.9 Å². The fourth-order valence-corrected chi connectivity index (χ4v) is 2.22. The summed E-state index contributed by atoms with van der Waals surface area (Å²) >= 11 is 3.47. The summed E-state index contributed by atoms with van der Waals surface area (Å²) in [5.41, 5.74) is 1.09. The van der Waals surface area contributed by atoms with E-state index in [1.165, 1.54) is 0 Å². The normalized spacial score (nSPS) is 25.4. The minimum absolute atomic E-state index is 0.0728. The van der Waals surface area contributed by atoms with Gasteiger partial charge in [-0.3, -0.25) is 0 Å². The van der Waals surface area contributed by atoms with E-state index in [4.69, 9.17) is 9.47 Å². The van der Waals surface area contributed by atoms with Crippen molar-refractivity contribution >= 4 is 15.9 Å². The second-order valence-corrected chi connectivity index (χ2v) is 4.93. The zero-order valence-electron chi connectivity index (χ0n) is 9.50. The third kappa shape index (κ3) is 2.56. The van der Waals surface area contributed by atoms with Gasteiger partial charge < -0.3 is 14.8 Å². The van der Waals surface area contributed by atoms with Gasteiger partial charge >= 0.3 is 0 Å². The molecule has 2 atom stereocenters. The van der Waals surface area contributed by atoms with E-state index in [9.17, 15) is 0 Å². The average Bonchev–Trinajstić information content (AvgIpc) is 2.30. The zero-order chi connectivity index (χ0) is 11.5. The quantitative estimate of drug-likeness (QED) is 0.906. The van der Waals surface area contributed by atoms with Crippen LogP contribution in [-0.4, -0.2) is 26.3 Å². The molecule has 0 aliphatic carbocycles. The average molecular weight is 286 g/mol. The molecule has 16 heavy (non-hydrogen) atoms. The summed E-state index contributed by atoms with van der Waals surface area (Å²) in [7, 11) is 1.69. The Kier molecular flexibility index (Phi) is 3.84. The molecule has 4 heteroatoms. The van der Waals surface area contributed by atoms with Crippen molar-refractivity contribution < 1.29 is 9.47 Å². The Hall–Kier alpha value is -0.580. The lowest BCUT2D eigenvalue weighted by Crippen LogP contribution is -2.40. The summed E-state index contributed by atoms with van der Waals surface area (Å²) < 4.78 is 12.2. The van der Waals surface area contributed by atoms with Crippen LogP contribution < -0.4 is 10.1 Å². The highest BCUT2D eigenvalue weighted by atomic mass is 79.9. The van der Waals surface area contributed by atoms with Crippen LogP contribution in [0.1, 0.15) is 18.6 Å². The van der Waals surface area contributed by atoms with E-state index in [1.807, 2.05) is 12.1 Å². The van der Waals surface area contributed by atoms with Crippen LogP contribution in [0.4, 0.5) is 0 Å². The molecule has 1 N–H and O–H groups in total. The Morgan fingerprint density at radius 3 is 2.94 bits per heavy atom. The van der Waals surface area contributed by atoms with E-state index in [-0.39, 0.29) is 6.10 Å². The molecule has 1 aliphatic rings. The fourth-order valence-electron chi connectivity index (χ4n) is 1.84. The van der Waals surface area contributed by atoms with Gasteiger partial charge in [0.15, 0.2) is 0 Å². The predicted molar refractivity (Wildman–Crippen MR) is 66.9 cm³/mol. The monoisotopic (exact) mass is 285 g/mol. The highest BCUT2D eigenvalue weighted by Gasteiger charge is 2.22. The minimum Gasteiger partial charge on any atom is -0.496 e. The Balaban J connectivity index is 2.21. The highest BCUT2D eigenvalue weighted by Crippen LogP contribution is 2.31. The molecule has 2 unspecified atom stereocenters. The zero-order valence-corrected chi connectivity index (χ0v) is 11.1. The SMILES string of the molecule is COc1ccc(Br)cc1C1CNC(C)CO1. The van der Waals surface area contributed by atoms with Gasteiger partial charge in [-0.05, 0) is 25.1 Å². The van der Waals surface area contributed by atoms with Crippen molar-refractivity contribution in [2.45, 2.75) is 19.1 Å². The van der Waals surface area contributed by atoms with Crippen LogP contribution in [-0.2, 0) is 4.74 Å². The lowest BCUT2D eigenvalue weighted by atomic mass is 10.1. The number of ether oxygens (including phenoxy) is 2. The van der Waals surface area contributed by atoms with Crippen LogP contribution in [0.5, 0.6) is 5.75 Å². The van der Waals surface area contributed by atoms with Gasteiger partial charge in [0, 0.05) is 22.6 Å². The van der Waals surface area contributed by atoms with Crippen molar-refractivity contribution in [2.75, 3.05) is 20.3 Å². The molecule has 1 fully saturated rings. The van der Waals surface area contributed by atoms with Gasteiger partial charge in [0.1, 0.15) is 5.75 Å². The fraction of sp³-hybridized carbons (Fsp3) is 0.500. The number of hydrogen-bond donors (Lipinski definition) is 1. The summed E-state index contributed by atoms with van der Waals surface area (Å²) in [4.78, 5) is 0. The predicted octanol–water partition coefficient (Wildman–Crippen LogP) is 2.51. The van der Waals surface area contributed by atoms with Crippen molar-refractivity contribution in [2.24, 2.45) is 0 Å². The van der Waals surface area contributed by atoms with Gasteiger partial charge in [-0.2, -0.15) is 0 Å². The number of hydrogen-bond acceptors (Lipinski definition) is 3. The van der Waals surface area contributed by atoms with Gasteiger partial charge in [-0.15, -0.1) is 0 Å². The van der Waals surface area contributed by atoms with Gasteiger partial charge in [0.05, 0.1) is 19.8 Å². The first-order chi connectivity index (χ1) is 7.70. The molecule has 0 bridgehead atoms. The molecule has 88 valence electrons. The topological polar surface area (TPSA) is 30.5 Å². The Labute approximate surface area is 104 Å². The van der Waals surface area contributed by atoms with Crippen molar-refractivity contribution in [1.82, 2.24) is 5.32 Å². The summed E-state index contributed by atoms with van der Waals surface area (Å²) in [5.74, 6) is 0.879. The molecule has 0 amide bonds. The molecule has 1 saturated heterocycles. The first kappa shape index (κ1) is 11.9. The Morgan fingerprint density at radius 1 is 1.50 bits per heavy atom. The molecule has 2 rings (SSSR count). The third-order valence-electron chi connectivity index (χ3n) is 2.74. The summed E-state index contributed by atoms with van der Waals surface area (Å²) in [5, 5.41) is 3.41. The summed E-state index contributed by atoms with van der Waals surface area (Å²) in [6.07, 6.45) is 0.0728. The second kappa shape index (κ2) is 5.17. The lowest BCUT2D eigenvalue weighted by molar-refractivity contribution is 0.00570.